The third-order valence-electron chi connectivity index (χ3n) is 6.15. The molecule has 7 heteroatoms. The molecule has 0 atom stereocenters. The van der Waals surface area contributed by atoms with Gasteiger partial charge in [-0.1, -0.05) is 12.1 Å². The lowest BCUT2D eigenvalue weighted by Gasteiger charge is -2.36. The molecule has 5 rings (SSSR count). The van der Waals surface area contributed by atoms with Crippen LogP contribution in [0.5, 0.6) is 5.75 Å². The highest BCUT2D eigenvalue weighted by molar-refractivity contribution is 7.71. The summed E-state index contributed by atoms with van der Waals surface area (Å²) >= 11 is 5.85. The smallest absolute Gasteiger partial charge is 0.204 e. The first kappa shape index (κ1) is 20.0. The van der Waals surface area contributed by atoms with Gasteiger partial charge in [-0.15, -0.1) is 0 Å². The number of pyridine rings is 1. The Bertz CT molecular complexity index is 1320. The maximum Gasteiger partial charge on any atom is 0.204 e. The van der Waals surface area contributed by atoms with Crippen LogP contribution in [-0.2, 0) is 6.67 Å². The van der Waals surface area contributed by atoms with Crippen molar-refractivity contribution < 1.29 is 4.74 Å². The Morgan fingerprint density at radius 1 is 1.00 bits per heavy atom. The van der Waals surface area contributed by atoms with Gasteiger partial charge in [0.05, 0.1) is 19.3 Å². The molecule has 1 fully saturated rings. The first-order valence-corrected chi connectivity index (χ1v) is 11.1. The van der Waals surface area contributed by atoms with Gasteiger partial charge in [-0.3, -0.25) is 9.30 Å². The fourth-order valence-electron chi connectivity index (χ4n) is 4.43. The molecule has 1 aliphatic rings. The van der Waals surface area contributed by atoms with Crippen LogP contribution in [0.15, 0.2) is 48.5 Å². The van der Waals surface area contributed by atoms with Crippen molar-refractivity contribution in [1.29, 1.82) is 0 Å². The highest BCUT2D eigenvalue weighted by Gasteiger charge is 2.19. The van der Waals surface area contributed by atoms with Crippen molar-refractivity contribution in [3.8, 4) is 5.75 Å². The van der Waals surface area contributed by atoms with Gasteiger partial charge >= 0.3 is 0 Å². The normalized spacial score (nSPS) is 15.1. The standard InChI is InChI=1S/C24H27N5OS/c1-17-5-4-6-19(13-17)27-11-9-26(10-12-27)16-28-24(31)29-22-15-20(30-3)7-8-21(22)18(2)14-23(29)25-28/h4-8,13-15H,9-12,16H2,1-3H3. The van der Waals surface area contributed by atoms with E-state index in [2.05, 4.69) is 64.4 Å². The van der Waals surface area contributed by atoms with Gasteiger partial charge in [0, 0.05) is 43.3 Å². The lowest BCUT2D eigenvalue weighted by molar-refractivity contribution is 0.195. The van der Waals surface area contributed by atoms with Crippen molar-refractivity contribution in [1.82, 2.24) is 19.1 Å². The number of methoxy groups -OCH3 is 1. The van der Waals surface area contributed by atoms with E-state index in [1.165, 1.54) is 16.8 Å². The molecule has 1 saturated heterocycles. The van der Waals surface area contributed by atoms with Gasteiger partial charge in [0.1, 0.15) is 5.75 Å². The van der Waals surface area contributed by atoms with E-state index in [0.29, 0.717) is 6.67 Å². The molecule has 160 valence electrons. The van der Waals surface area contributed by atoms with Crippen LogP contribution < -0.4 is 9.64 Å². The third-order valence-corrected chi connectivity index (χ3v) is 6.55. The van der Waals surface area contributed by atoms with Gasteiger partial charge in [-0.25, -0.2) is 4.68 Å². The summed E-state index contributed by atoms with van der Waals surface area (Å²) in [5, 5.41) is 6.00. The molecule has 4 aromatic rings. The van der Waals surface area contributed by atoms with Crippen LogP contribution in [0.4, 0.5) is 5.69 Å². The lowest BCUT2D eigenvalue weighted by atomic mass is 10.1. The number of benzene rings is 2. The zero-order valence-electron chi connectivity index (χ0n) is 18.2. The number of anilines is 1. The Morgan fingerprint density at radius 3 is 2.55 bits per heavy atom. The second kappa shape index (κ2) is 7.98. The zero-order valence-corrected chi connectivity index (χ0v) is 19.0. The van der Waals surface area contributed by atoms with Gasteiger partial charge in [-0.05, 0) is 67.5 Å². The quantitative estimate of drug-likeness (QED) is 0.445. The number of ether oxygens (including phenoxy) is 1. The van der Waals surface area contributed by atoms with E-state index >= 15 is 0 Å². The SMILES string of the molecule is COc1ccc2c(C)cc3nn(CN4CCN(c5cccc(C)c5)CC4)c(=S)n3c2c1. The van der Waals surface area contributed by atoms with E-state index in [-0.39, 0.29) is 0 Å². The van der Waals surface area contributed by atoms with Gasteiger partial charge in [0.2, 0.25) is 4.77 Å². The summed E-state index contributed by atoms with van der Waals surface area (Å²) in [7, 11) is 1.69. The van der Waals surface area contributed by atoms with Crippen LogP contribution in [0, 0.1) is 18.6 Å². The number of piperazine rings is 1. The van der Waals surface area contributed by atoms with Crippen molar-refractivity contribution in [2.24, 2.45) is 0 Å². The number of rotatable bonds is 4. The maximum atomic E-state index is 5.85. The van der Waals surface area contributed by atoms with Gasteiger partial charge in [-0.2, -0.15) is 5.10 Å². The molecule has 0 spiro atoms. The second-order valence-electron chi connectivity index (χ2n) is 8.27. The molecule has 0 saturated carbocycles. The Balaban J connectivity index is 1.41. The number of hydrogen-bond donors (Lipinski definition) is 0. The van der Waals surface area contributed by atoms with Crippen molar-refractivity contribution in [3.63, 3.8) is 0 Å². The largest absolute Gasteiger partial charge is 0.497 e. The Labute approximate surface area is 187 Å². The van der Waals surface area contributed by atoms with Gasteiger partial charge < -0.3 is 9.64 Å². The summed E-state index contributed by atoms with van der Waals surface area (Å²) in [6.07, 6.45) is 0. The van der Waals surface area contributed by atoms with E-state index in [4.69, 9.17) is 22.1 Å². The fourth-order valence-corrected chi connectivity index (χ4v) is 4.72. The molecule has 1 aliphatic heterocycles. The molecule has 0 bridgehead atoms. The molecule has 6 nitrogen and oxygen atoms in total. The number of fused-ring (bicyclic) bond motifs is 3. The van der Waals surface area contributed by atoms with Crippen molar-refractivity contribution in [2.45, 2.75) is 20.5 Å². The minimum absolute atomic E-state index is 0.701. The minimum atomic E-state index is 0.701. The van der Waals surface area contributed by atoms with Gasteiger partial charge in [0.15, 0.2) is 5.65 Å². The van der Waals surface area contributed by atoms with Gasteiger partial charge in [0.25, 0.3) is 0 Å². The Kier molecular flexibility index (Phi) is 5.16. The average molecular weight is 434 g/mol. The molecule has 0 aliphatic carbocycles. The molecular formula is C24H27N5OS. The van der Waals surface area contributed by atoms with Crippen molar-refractivity contribution in [2.75, 3.05) is 38.2 Å². The fraction of sp³-hybridized carbons (Fsp3) is 0.333. The number of aryl methyl sites for hydroxylation is 2. The van der Waals surface area contributed by atoms with E-state index < -0.39 is 0 Å². The highest BCUT2D eigenvalue weighted by Crippen LogP contribution is 2.26. The maximum absolute atomic E-state index is 5.85. The average Bonchev–Trinajstić information content (AvgIpc) is 3.09. The molecule has 2 aromatic carbocycles. The second-order valence-corrected chi connectivity index (χ2v) is 8.64. The summed E-state index contributed by atoms with van der Waals surface area (Å²) in [5.41, 5.74) is 5.70. The third kappa shape index (κ3) is 3.68. The molecule has 0 N–H and O–H groups in total. The monoisotopic (exact) mass is 433 g/mol. The van der Waals surface area contributed by atoms with Crippen molar-refractivity contribution >= 4 is 34.5 Å². The van der Waals surface area contributed by atoms with E-state index in [1.54, 1.807) is 7.11 Å². The first-order valence-electron chi connectivity index (χ1n) is 10.6. The Hall–Kier alpha value is -2.90. The van der Waals surface area contributed by atoms with Crippen LogP contribution >= 0.6 is 12.2 Å². The van der Waals surface area contributed by atoms with E-state index in [9.17, 15) is 0 Å². The minimum Gasteiger partial charge on any atom is -0.497 e. The highest BCUT2D eigenvalue weighted by atomic mass is 32.1. The molecule has 0 unspecified atom stereocenters. The molecule has 0 amide bonds. The summed E-state index contributed by atoms with van der Waals surface area (Å²) < 4.78 is 10.2. The number of aromatic nitrogens is 3. The number of hydrogen-bond acceptors (Lipinski definition) is 5. The summed E-state index contributed by atoms with van der Waals surface area (Å²) in [5.74, 6) is 0.821. The predicted molar refractivity (Wildman–Crippen MR) is 128 cm³/mol. The van der Waals surface area contributed by atoms with Crippen LogP contribution in [0.3, 0.4) is 0 Å². The van der Waals surface area contributed by atoms with E-state index in [0.717, 1.165) is 53.2 Å². The van der Waals surface area contributed by atoms with Crippen LogP contribution in [0.2, 0.25) is 0 Å². The summed E-state index contributed by atoms with van der Waals surface area (Å²) in [6.45, 7) is 8.93. The summed E-state index contributed by atoms with van der Waals surface area (Å²) in [4.78, 5) is 4.87. The zero-order chi connectivity index (χ0) is 21.5. The van der Waals surface area contributed by atoms with Crippen LogP contribution in [0.1, 0.15) is 11.1 Å². The topological polar surface area (TPSA) is 37.9 Å². The Morgan fingerprint density at radius 2 is 1.81 bits per heavy atom. The summed E-state index contributed by atoms with van der Waals surface area (Å²) in [6, 6.07) is 17.0. The predicted octanol–water partition coefficient (Wildman–Crippen LogP) is 4.42. The molecule has 3 heterocycles. The first-order chi connectivity index (χ1) is 15.0. The van der Waals surface area contributed by atoms with Crippen LogP contribution in [-0.4, -0.2) is 52.4 Å². The molecule has 0 radical (unpaired) electrons. The molecule has 2 aromatic heterocycles. The molecular weight excluding hydrogens is 406 g/mol. The van der Waals surface area contributed by atoms with E-state index in [1.807, 2.05) is 16.8 Å². The lowest BCUT2D eigenvalue weighted by Crippen LogP contribution is -2.47. The molecule has 31 heavy (non-hydrogen) atoms. The van der Waals surface area contributed by atoms with Crippen LogP contribution in [0.25, 0.3) is 16.6 Å². The van der Waals surface area contributed by atoms with Crippen molar-refractivity contribution in [3.05, 3.63) is 64.4 Å². The number of nitrogens with zero attached hydrogens (tertiary/aromatic N) is 5.